The Balaban J connectivity index is 1.99. The summed E-state index contributed by atoms with van der Waals surface area (Å²) in [7, 11) is 0. The second-order valence-corrected chi connectivity index (χ2v) is 4.30. The van der Waals surface area contributed by atoms with E-state index in [1.807, 2.05) is 19.1 Å². The zero-order valence-corrected chi connectivity index (χ0v) is 11.0. The van der Waals surface area contributed by atoms with Gasteiger partial charge in [-0.05, 0) is 19.1 Å². The molecule has 0 saturated heterocycles. The van der Waals surface area contributed by atoms with Crippen LogP contribution >= 0.6 is 0 Å². The number of aryl methyl sites for hydroxylation is 1. The molecule has 2 aromatic rings. The number of hydrogen-bond donors (Lipinski definition) is 1. The molecule has 1 heterocycles. The molecule has 0 amide bonds. The molecular weight excluding hydrogens is 256 g/mol. The lowest BCUT2D eigenvalue weighted by Gasteiger charge is -2.06. The summed E-state index contributed by atoms with van der Waals surface area (Å²) < 4.78 is 4.95. The van der Waals surface area contributed by atoms with Gasteiger partial charge in [-0.1, -0.05) is 29.8 Å². The van der Waals surface area contributed by atoms with Crippen LogP contribution in [-0.4, -0.2) is 23.3 Å². The maximum Gasteiger partial charge on any atom is 0.342 e. The van der Waals surface area contributed by atoms with Gasteiger partial charge in [-0.2, -0.15) is 0 Å². The highest BCUT2D eigenvalue weighted by atomic mass is 16.5. The number of carbonyl (C=O) groups is 2. The van der Waals surface area contributed by atoms with Crippen molar-refractivity contribution in [3.8, 4) is 0 Å². The number of rotatable bonds is 4. The second-order valence-electron chi connectivity index (χ2n) is 4.30. The largest absolute Gasteiger partial charge is 0.454 e. The molecule has 2 N–H and O–H groups in total. The third kappa shape index (κ3) is 3.20. The number of carbonyl (C=O) groups excluding carboxylic acids is 2. The van der Waals surface area contributed by atoms with E-state index < -0.39 is 5.97 Å². The molecule has 0 aliphatic carbocycles. The number of aromatic nitrogens is 1. The first-order valence-electron chi connectivity index (χ1n) is 6.05. The van der Waals surface area contributed by atoms with Crippen molar-refractivity contribution in [1.29, 1.82) is 0 Å². The Kier molecular flexibility index (Phi) is 4.10. The van der Waals surface area contributed by atoms with Gasteiger partial charge < -0.3 is 10.5 Å². The lowest BCUT2D eigenvalue weighted by atomic mass is 10.1. The minimum atomic E-state index is -0.656. The van der Waals surface area contributed by atoms with Crippen molar-refractivity contribution in [2.75, 3.05) is 12.3 Å². The third-order valence-corrected chi connectivity index (χ3v) is 2.77. The van der Waals surface area contributed by atoms with E-state index in [9.17, 15) is 9.59 Å². The van der Waals surface area contributed by atoms with Crippen molar-refractivity contribution in [2.24, 2.45) is 0 Å². The van der Waals surface area contributed by atoms with Crippen molar-refractivity contribution in [3.63, 3.8) is 0 Å². The monoisotopic (exact) mass is 270 g/mol. The van der Waals surface area contributed by atoms with E-state index in [0.717, 1.165) is 5.56 Å². The van der Waals surface area contributed by atoms with Gasteiger partial charge in [0, 0.05) is 11.8 Å². The smallest absolute Gasteiger partial charge is 0.342 e. The molecular formula is C15H14N2O3. The van der Waals surface area contributed by atoms with Crippen molar-refractivity contribution in [1.82, 2.24) is 4.98 Å². The van der Waals surface area contributed by atoms with Crippen LogP contribution in [-0.2, 0) is 4.74 Å². The minimum absolute atomic E-state index is 0.0836. The molecule has 1 aromatic carbocycles. The summed E-state index contributed by atoms with van der Waals surface area (Å²) in [6, 6.07) is 10.1. The third-order valence-electron chi connectivity index (χ3n) is 2.77. The van der Waals surface area contributed by atoms with Crippen LogP contribution in [0, 0.1) is 6.92 Å². The van der Waals surface area contributed by atoms with E-state index in [1.165, 1.54) is 12.3 Å². The van der Waals surface area contributed by atoms with Crippen LogP contribution in [0.1, 0.15) is 26.3 Å². The van der Waals surface area contributed by atoms with Gasteiger partial charge in [-0.25, -0.2) is 9.78 Å². The Morgan fingerprint density at radius 1 is 1.20 bits per heavy atom. The molecule has 0 aliphatic heterocycles. The number of benzene rings is 1. The standard InChI is InChI=1S/C15H14N2O3/c1-10-4-6-11(7-5-10)13(18)9-20-15(19)12-3-2-8-17-14(12)16/h2-8H,9H2,1H3,(H2,16,17). The summed E-state index contributed by atoms with van der Waals surface area (Å²) >= 11 is 0. The second kappa shape index (κ2) is 5.97. The first-order chi connectivity index (χ1) is 9.58. The van der Waals surface area contributed by atoms with Crippen LogP contribution in [0.3, 0.4) is 0 Å². The van der Waals surface area contributed by atoms with E-state index in [1.54, 1.807) is 18.2 Å². The summed E-state index contributed by atoms with van der Waals surface area (Å²) in [5, 5.41) is 0. The minimum Gasteiger partial charge on any atom is -0.454 e. The number of Topliss-reactive ketones (excluding diaryl/α,β-unsaturated/α-hetero) is 1. The van der Waals surface area contributed by atoms with Gasteiger partial charge in [-0.15, -0.1) is 0 Å². The van der Waals surface area contributed by atoms with Gasteiger partial charge in [0.2, 0.25) is 0 Å². The zero-order chi connectivity index (χ0) is 14.5. The lowest BCUT2D eigenvalue weighted by molar-refractivity contribution is 0.0475. The van der Waals surface area contributed by atoms with Crippen LogP contribution in [0.2, 0.25) is 0 Å². The fraction of sp³-hybridized carbons (Fsp3) is 0.133. The summed E-state index contributed by atoms with van der Waals surface area (Å²) in [5.74, 6) is -0.836. The van der Waals surface area contributed by atoms with Crippen molar-refractivity contribution in [3.05, 3.63) is 59.3 Å². The summed E-state index contributed by atoms with van der Waals surface area (Å²) in [6.45, 7) is 1.61. The summed E-state index contributed by atoms with van der Waals surface area (Å²) in [4.78, 5) is 27.4. The Morgan fingerprint density at radius 3 is 2.55 bits per heavy atom. The average Bonchev–Trinajstić information content (AvgIpc) is 2.45. The SMILES string of the molecule is Cc1ccc(C(=O)COC(=O)c2cccnc2N)cc1. The fourth-order valence-corrected chi connectivity index (χ4v) is 1.62. The molecule has 1 aromatic heterocycles. The molecule has 0 saturated carbocycles. The lowest BCUT2D eigenvalue weighted by Crippen LogP contribution is -2.15. The molecule has 2 rings (SSSR count). The number of ether oxygens (including phenoxy) is 1. The average molecular weight is 270 g/mol. The van der Waals surface area contributed by atoms with Crippen molar-refractivity contribution in [2.45, 2.75) is 6.92 Å². The number of nitrogen functional groups attached to an aromatic ring is 1. The van der Waals surface area contributed by atoms with Crippen molar-refractivity contribution < 1.29 is 14.3 Å². The number of esters is 1. The molecule has 5 heteroatoms. The predicted octanol–water partition coefficient (Wildman–Crippen LogP) is 2.01. The topological polar surface area (TPSA) is 82.3 Å². The number of pyridine rings is 1. The molecule has 0 bridgehead atoms. The molecule has 0 radical (unpaired) electrons. The molecule has 0 spiro atoms. The highest BCUT2D eigenvalue weighted by Crippen LogP contribution is 2.09. The highest BCUT2D eigenvalue weighted by Gasteiger charge is 2.14. The van der Waals surface area contributed by atoms with Crippen LogP contribution in [0.5, 0.6) is 0 Å². The molecule has 20 heavy (non-hydrogen) atoms. The molecule has 0 unspecified atom stereocenters. The number of nitrogens with two attached hydrogens (primary N) is 1. The molecule has 5 nitrogen and oxygen atoms in total. The molecule has 102 valence electrons. The predicted molar refractivity (Wildman–Crippen MR) is 74.4 cm³/mol. The van der Waals surface area contributed by atoms with Crippen LogP contribution in [0.4, 0.5) is 5.82 Å². The number of nitrogens with zero attached hydrogens (tertiary/aromatic N) is 1. The van der Waals surface area contributed by atoms with Crippen LogP contribution in [0.15, 0.2) is 42.6 Å². The van der Waals surface area contributed by atoms with Gasteiger partial charge in [0.25, 0.3) is 0 Å². The van der Waals surface area contributed by atoms with E-state index in [0.29, 0.717) is 5.56 Å². The number of hydrogen-bond acceptors (Lipinski definition) is 5. The highest BCUT2D eigenvalue weighted by molar-refractivity contribution is 6.00. The Labute approximate surface area is 116 Å². The summed E-state index contributed by atoms with van der Waals surface area (Å²) in [5.41, 5.74) is 7.27. The Bertz CT molecular complexity index is 636. The maximum atomic E-state index is 11.9. The first kappa shape index (κ1) is 13.7. The molecule has 0 fully saturated rings. The molecule has 0 aliphatic rings. The van der Waals surface area contributed by atoms with Gasteiger partial charge in [0.15, 0.2) is 12.4 Å². The summed E-state index contributed by atoms with van der Waals surface area (Å²) in [6.07, 6.45) is 1.48. The van der Waals surface area contributed by atoms with E-state index in [4.69, 9.17) is 10.5 Å². The van der Waals surface area contributed by atoms with Gasteiger partial charge >= 0.3 is 5.97 Å². The van der Waals surface area contributed by atoms with E-state index in [-0.39, 0.29) is 23.8 Å². The quantitative estimate of drug-likeness (QED) is 0.678. The Morgan fingerprint density at radius 2 is 1.90 bits per heavy atom. The van der Waals surface area contributed by atoms with Crippen LogP contribution < -0.4 is 5.73 Å². The zero-order valence-electron chi connectivity index (χ0n) is 11.0. The van der Waals surface area contributed by atoms with Crippen LogP contribution in [0.25, 0.3) is 0 Å². The first-order valence-corrected chi connectivity index (χ1v) is 6.05. The van der Waals surface area contributed by atoms with E-state index in [2.05, 4.69) is 4.98 Å². The maximum absolute atomic E-state index is 11.9. The van der Waals surface area contributed by atoms with Gasteiger partial charge in [-0.3, -0.25) is 4.79 Å². The van der Waals surface area contributed by atoms with Crippen molar-refractivity contribution >= 4 is 17.6 Å². The van der Waals surface area contributed by atoms with E-state index >= 15 is 0 Å². The van der Waals surface area contributed by atoms with Gasteiger partial charge in [0.05, 0.1) is 0 Å². The van der Waals surface area contributed by atoms with Gasteiger partial charge in [0.1, 0.15) is 11.4 Å². The molecule has 0 atom stereocenters. The fourth-order valence-electron chi connectivity index (χ4n) is 1.62. The normalized spacial score (nSPS) is 10.1. The number of anilines is 1. The Hall–Kier alpha value is -2.69. The number of ketones is 1.